The smallest absolute Gasteiger partial charge is 0.271 e. The molecule has 0 aromatic heterocycles. The third kappa shape index (κ3) is 4.60. The van der Waals surface area contributed by atoms with Gasteiger partial charge in [0, 0.05) is 17.7 Å². The van der Waals surface area contributed by atoms with Gasteiger partial charge >= 0.3 is 0 Å². The van der Waals surface area contributed by atoms with E-state index >= 15 is 0 Å². The van der Waals surface area contributed by atoms with E-state index in [2.05, 4.69) is 10.5 Å². The third-order valence-corrected chi connectivity index (χ3v) is 4.40. The summed E-state index contributed by atoms with van der Waals surface area (Å²) in [5.74, 6) is -0.266. The van der Waals surface area contributed by atoms with E-state index in [4.69, 9.17) is 0 Å². The minimum absolute atomic E-state index is 0.0849. The SMILES string of the molecule is O=C(N/N=C\c1cc(I)c(O)c(I)c1)c1ccc([N+](=O)[O-])cc1. The van der Waals surface area contributed by atoms with Crippen LogP contribution in [0.1, 0.15) is 15.9 Å². The summed E-state index contributed by atoms with van der Waals surface area (Å²) >= 11 is 4.00. The maximum Gasteiger partial charge on any atom is 0.271 e. The van der Waals surface area contributed by atoms with Crippen molar-refractivity contribution in [3.05, 3.63) is 64.8 Å². The lowest BCUT2D eigenvalue weighted by Crippen LogP contribution is -2.17. The molecule has 0 aliphatic heterocycles. The Bertz CT molecular complexity index is 768. The van der Waals surface area contributed by atoms with E-state index in [0.717, 1.165) is 5.56 Å². The van der Waals surface area contributed by atoms with Crippen molar-refractivity contribution in [1.29, 1.82) is 0 Å². The number of hydrogen-bond donors (Lipinski definition) is 2. The summed E-state index contributed by atoms with van der Waals surface area (Å²) in [4.78, 5) is 21.9. The molecule has 0 aliphatic rings. The van der Waals surface area contributed by atoms with Crippen LogP contribution in [0.25, 0.3) is 0 Å². The van der Waals surface area contributed by atoms with Crippen LogP contribution in [0.5, 0.6) is 5.75 Å². The molecule has 0 aliphatic carbocycles. The van der Waals surface area contributed by atoms with E-state index in [1.807, 2.05) is 45.2 Å². The first kappa shape index (κ1) is 17.6. The number of carbonyl (C=O) groups excluding carboxylic acids is 1. The molecule has 7 nitrogen and oxygen atoms in total. The van der Waals surface area contributed by atoms with Gasteiger partial charge in [0.2, 0.25) is 0 Å². The Labute approximate surface area is 158 Å². The molecule has 0 heterocycles. The van der Waals surface area contributed by atoms with Gasteiger partial charge in [0.05, 0.1) is 18.3 Å². The first-order valence-electron chi connectivity index (χ1n) is 6.14. The number of halogens is 2. The number of nitro groups is 1. The molecule has 0 atom stereocenters. The average molecular weight is 537 g/mol. The average Bonchev–Trinajstić information content (AvgIpc) is 2.52. The van der Waals surface area contributed by atoms with Crippen LogP contribution >= 0.6 is 45.2 Å². The minimum Gasteiger partial charge on any atom is -0.506 e. The molecule has 0 bridgehead atoms. The van der Waals surface area contributed by atoms with Crippen LogP contribution < -0.4 is 5.43 Å². The van der Waals surface area contributed by atoms with E-state index in [9.17, 15) is 20.0 Å². The fraction of sp³-hybridized carbons (Fsp3) is 0. The molecule has 0 radical (unpaired) electrons. The molecule has 2 aromatic carbocycles. The number of hydrazone groups is 1. The molecule has 23 heavy (non-hydrogen) atoms. The summed E-state index contributed by atoms with van der Waals surface area (Å²) in [6, 6.07) is 8.66. The first-order chi connectivity index (χ1) is 10.9. The second-order valence-corrected chi connectivity index (χ2v) is 6.66. The van der Waals surface area contributed by atoms with Gasteiger partial charge in [-0.25, -0.2) is 5.43 Å². The Kier molecular flexibility index (Phi) is 5.87. The number of phenols is 1. The predicted octanol–water partition coefficient (Wildman–Crippen LogP) is 3.27. The highest BCUT2D eigenvalue weighted by atomic mass is 127. The molecule has 0 saturated heterocycles. The standard InChI is InChI=1S/C14H9I2N3O4/c15-11-5-8(6-12(16)13(11)20)7-17-18-14(21)9-1-3-10(4-2-9)19(22)23/h1-7,20H,(H,18,21)/b17-7-. The lowest BCUT2D eigenvalue weighted by Gasteiger charge is -2.02. The zero-order chi connectivity index (χ0) is 17.0. The quantitative estimate of drug-likeness (QED) is 0.271. The van der Waals surface area contributed by atoms with E-state index in [0.29, 0.717) is 7.14 Å². The van der Waals surface area contributed by atoms with E-state index in [1.165, 1.54) is 30.5 Å². The van der Waals surface area contributed by atoms with Gasteiger partial charge < -0.3 is 5.11 Å². The predicted molar refractivity (Wildman–Crippen MR) is 102 cm³/mol. The normalized spacial score (nSPS) is 10.7. The largest absolute Gasteiger partial charge is 0.506 e. The number of rotatable bonds is 4. The first-order valence-corrected chi connectivity index (χ1v) is 8.30. The maximum atomic E-state index is 11.9. The van der Waals surface area contributed by atoms with Gasteiger partial charge in [-0.15, -0.1) is 0 Å². The highest BCUT2D eigenvalue weighted by molar-refractivity contribution is 14.1. The van der Waals surface area contributed by atoms with Crippen molar-refractivity contribution in [2.24, 2.45) is 5.10 Å². The second kappa shape index (κ2) is 7.68. The number of nitrogens with one attached hydrogen (secondary N) is 1. The Morgan fingerprint density at radius 3 is 2.30 bits per heavy atom. The zero-order valence-corrected chi connectivity index (χ0v) is 15.7. The number of amides is 1. The summed E-state index contributed by atoms with van der Waals surface area (Å²) in [5, 5.41) is 24.1. The van der Waals surface area contributed by atoms with E-state index in [-0.39, 0.29) is 17.0 Å². The number of benzene rings is 2. The molecule has 9 heteroatoms. The molecular formula is C14H9I2N3O4. The molecule has 2 aromatic rings. The van der Waals surface area contributed by atoms with Gasteiger partial charge in [0.1, 0.15) is 5.75 Å². The Hall–Kier alpha value is -1.76. The summed E-state index contributed by atoms with van der Waals surface area (Å²) in [6.07, 6.45) is 1.45. The molecule has 2 N–H and O–H groups in total. The van der Waals surface area contributed by atoms with Crippen molar-refractivity contribution in [1.82, 2.24) is 5.43 Å². The number of aromatic hydroxyl groups is 1. The number of hydrogen-bond acceptors (Lipinski definition) is 5. The number of nitro benzene ring substituents is 1. The number of carbonyl (C=O) groups is 1. The van der Waals surface area contributed by atoms with Gasteiger partial charge in [-0.3, -0.25) is 14.9 Å². The van der Waals surface area contributed by atoms with Crippen LogP contribution in [-0.4, -0.2) is 22.2 Å². The van der Waals surface area contributed by atoms with Gasteiger partial charge in [-0.05, 0) is 75.0 Å². The third-order valence-electron chi connectivity index (χ3n) is 2.76. The van der Waals surface area contributed by atoms with Crippen LogP contribution in [-0.2, 0) is 0 Å². The molecule has 0 unspecified atom stereocenters. The van der Waals surface area contributed by atoms with Crippen molar-refractivity contribution < 1.29 is 14.8 Å². The van der Waals surface area contributed by atoms with Crippen molar-refractivity contribution in [2.45, 2.75) is 0 Å². The number of nitrogens with zero attached hydrogens (tertiary/aromatic N) is 2. The van der Waals surface area contributed by atoms with Crippen LogP contribution in [0.3, 0.4) is 0 Å². The number of non-ortho nitro benzene ring substituents is 1. The van der Waals surface area contributed by atoms with Crippen molar-refractivity contribution in [3.63, 3.8) is 0 Å². The molecule has 1 amide bonds. The minimum atomic E-state index is -0.534. The van der Waals surface area contributed by atoms with E-state index in [1.54, 1.807) is 12.1 Å². The van der Waals surface area contributed by atoms with Crippen LogP contribution in [0.2, 0.25) is 0 Å². The molecule has 0 spiro atoms. The fourth-order valence-corrected chi connectivity index (χ4v) is 3.44. The van der Waals surface area contributed by atoms with Crippen molar-refractivity contribution in [2.75, 3.05) is 0 Å². The molecule has 0 saturated carbocycles. The summed E-state index contributed by atoms with van der Waals surface area (Å²) in [7, 11) is 0. The zero-order valence-electron chi connectivity index (χ0n) is 11.4. The lowest BCUT2D eigenvalue weighted by molar-refractivity contribution is -0.384. The van der Waals surface area contributed by atoms with Gasteiger partial charge in [0.25, 0.3) is 11.6 Å². The van der Waals surface area contributed by atoms with Crippen molar-refractivity contribution >= 4 is 63.0 Å². The summed E-state index contributed by atoms with van der Waals surface area (Å²) in [6.45, 7) is 0. The molecular weight excluding hydrogens is 528 g/mol. The topological polar surface area (TPSA) is 105 Å². The highest BCUT2D eigenvalue weighted by Gasteiger charge is 2.09. The monoisotopic (exact) mass is 537 g/mol. The Morgan fingerprint density at radius 2 is 1.78 bits per heavy atom. The summed E-state index contributed by atoms with van der Waals surface area (Å²) < 4.78 is 1.36. The van der Waals surface area contributed by atoms with E-state index < -0.39 is 10.8 Å². The Balaban J connectivity index is 2.05. The maximum absolute atomic E-state index is 11.9. The van der Waals surface area contributed by atoms with Gasteiger partial charge in [-0.1, -0.05) is 0 Å². The Morgan fingerprint density at radius 1 is 1.22 bits per heavy atom. The highest BCUT2D eigenvalue weighted by Crippen LogP contribution is 2.26. The van der Waals surface area contributed by atoms with Crippen LogP contribution in [0.15, 0.2) is 41.5 Å². The second-order valence-electron chi connectivity index (χ2n) is 4.34. The van der Waals surface area contributed by atoms with Crippen LogP contribution in [0, 0.1) is 17.3 Å². The van der Waals surface area contributed by atoms with Gasteiger partial charge in [0.15, 0.2) is 0 Å². The van der Waals surface area contributed by atoms with Crippen molar-refractivity contribution in [3.8, 4) is 5.75 Å². The molecule has 2 rings (SSSR count). The van der Waals surface area contributed by atoms with Crippen LogP contribution in [0.4, 0.5) is 5.69 Å². The lowest BCUT2D eigenvalue weighted by atomic mass is 10.2. The van der Waals surface area contributed by atoms with Gasteiger partial charge in [-0.2, -0.15) is 5.10 Å². The molecule has 0 fully saturated rings. The number of phenolic OH excluding ortho intramolecular Hbond substituents is 1. The molecule has 118 valence electrons. The summed E-state index contributed by atoms with van der Waals surface area (Å²) in [5.41, 5.74) is 3.25. The fourth-order valence-electron chi connectivity index (χ4n) is 1.62.